The number of likely N-dealkylation sites (N-methyl/N-ethyl adjacent to an activating group) is 1. The van der Waals surface area contributed by atoms with E-state index in [1.54, 1.807) is 17.9 Å². The smallest absolute Gasteiger partial charge is 0.293 e. The monoisotopic (exact) mass is 401 g/mol. The number of fused-ring (bicyclic) bond motifs is 1. The number of rotatable bonds is 5. The molecular weight excluding hydrogens is 378 g/mol. The predicted molar refractivity (Wildman–Crippen MR) is 117 cm³/mol. The molecule has 1 amide bonds. The van der Waals surface area contributed by atoms with Crippen molar-refractivity contribution >= 4 is 22.5 Å². The SMILES string of the molecule is CC(C)c1nn(CC(=O)N(C)c2ccccc2)c(=O)c2c1cnn2-c1ccccc1. The molecular formula is C23H23N5O2. The number of carbonyl (C=O) groups is 1. The van der Waals surface area contributed by atoms with Crippen LogP contribution < -0.4 is 10.5 Å². The quantitative estimate of drug-likeness (QED) is 0.514. The highest BCUT2D eigenvalue weighted by Crippen LogP contribution is 2.23. The fourth-order valence-electron chi connectivity index (χ4n) is 3.42. The van der Waals surface area contributed by atoms with Gasteiger partial charge in [0.25, 0.3) is 5.56 Å². The van der Waals surface area contributed by atoms with Crippen LogP contribution in [-0.4, -0.2) is 32.5 Å². The molecule has 0 bridgehead atoms. The Hall–Kier alpha value is -3.74. The summed E-state index contributed by atoms with van der Waals surface area (Å²) in [6, 6.07) is 18.8. The van der Waals surface area contributed by atoms with Crippen LogP contribution in [0.1, 0.15) is 25.5 Å². The number of amides is 1. The molecule has 0 aliphatic carbocycles. The Kier molecular flexibility index (Phi) is 5.18. The van der Waals surface area contributed by atoms with E-state index in [1.807, 2.05) is 74.5 Å². The van der Waals surface area contributed by atoms with Crippen molar-refractivity contribution in [2.45, 2.75) is 26.3 Å². The summed E-state index contributed by atoms with van der Waals surface area (Å²) < 4.78 is 2.87. The third-order valence-electron chi connectivity index (χ3n) is 5.06. The van der Waals surface area contributed by atoms with E-state index in [2.05, 4.69) is 10.2 Å². The zero-order valence-corrected chi connectivity index (χ0v) is 17.2. The molecule has 0 radical (unpaired) electrons. The van der Waals surface area contributed by atoms with E-state index in [0.29, 0.717) is 10.9 Å². The number of benzene rings is 2. The molecule has 7 heteroatoms. The average Bonchev–Trinajstić information content (AvgIpc) is 3.21. The van der Waals surface area contributed by atoms with Gasteiger partial charge in [-0.2, -0.15) is 10.2 Å². The van der Waals surface area contributed by atoms with Crippen LogP contribution in [-0.2, 0) is 11.3 Å². The summed E-state index contributed by atoms with van der Waals surface area (Å²) in [5.41, 5.74) is 2.36. The molecule has 4 rings (SSSR count). The predicted octanol–water partition coefficient (Wildman–Crippen LogP) is 3.37. The van der Waals surface area contributed by atoms with Crippen LogP contribution in [0.5, 0.6) is 0 Å². The highest BCUT2D eigenvalue weighted by Gasteiger charge is 2.21. The minimum absolute atomic E-state index is 0.0646. The highest BCUT2D eigenvalue weighted by atomic mass is 16.2. The van der Waals surface area contributed by atoms with Crippen LogP contribution in [0.3, 0.4) is 0 Å². The third kappa shape index (κ3) is 3.50. The molecule has 2 aromatic carbocycles. The second-order valence-electron chi connectivity index (χ2n) is 7.45. The number of para-hydroxylation sites is 2. The zero-order chi connectivity index (χ0) is 21.3. The summed E-state index contributed by atoms with van der Waals surface area (Å²) in [5.74, 6) is -0.162. The van der Waals surface area contributed by atoms with Crippen molar-refractivity contribution in [1.29, 1.82) is 0 Å². The Bertz CT molecular complexity index is 1240. The van der Waals surface area contributed by atoms with Gasteiger partial charge in [0.15, 0.2) is 0 Å². The molecule has 0 N–H and O–H groups in total. The van der Waals surface area contributed by atoms with Gasteiger partial charge in [-0.3, -0.25) is 9.59 Å². The molecule has 30 heavy (non-hydrogen) atoms. The molecule has 0 spiro atoms. The van der Waals surface area contributed by atoms with Crippen molar-refractivity contribution in [3.8, 4) is 5.69 Å². The summed E-state index contributed by atoms with van der Waals surface area (Å²) in [5, 5.41) is 9.67. The normalized spacial score (nSPS) is 11.2. The van der Waals surface area contributed by atoms with Crippen molar-refractivity contribution < 1.29 is 4.79 Å². The first-order valence-electron chi connectivity index (χ1n) is 9.83. The standard InChI is InChI=1S/C23H23N5O2/c1-16(2)21-19-14-24-28(18-12-8-5-9-13-18)22(19)23(30)27(25-21)15-20(29)26(3)17-10-6-4-7-11-17/h4-14,16H,15H2,1-3H3. The van der Waals surface area contributed by atoms with E-state index < -0.39 is 0 Å². The van der Waals surface area contributed by atoms with Crippen molar-refractivity contribution in [3.05, 3.63) is 82.9 Å². The van der Waals surface area contributed by atoms with Crippen molar-refractivity contribution in [1.82, 2.24) is 19.6 Å². The molecule has 2 heterocycles. The van der Waals surface area contributed by atoms with Crippen LogP contribution in [0, 0.1) is 0 Å². The second-order valence-corrected chi connectivity index (χ2v) is 7.45. The topological polar surface area (TPSA) is 73.0 Å². The van der Waals surface area contributed by atoms with Gasteiger partial charge < -0.3 is 4.90 Å². The largest absolute Gasteiger partial charge is 0.314 e. The Balaban J connectivity index is 1.81. The number of hydrogen-bond donors (Lipinski definition) is 0. The first-order chi connectivity index (χ1) is 14.5. The molecule has 7 nitrogen and oxygen atoms in total. The lowest BCUT2D eigenvalue weighted by molar-refractivity contribution is -0.119. The molecule has 2 aromatic heterocycles. The van der Waals surface area contributed by atoms with Crippen LogP contribution in [0.4, 0.5) is 5.69 Å². The van der Waals surface area contributed by atoms with Crippen molar-refractivity contribution in [3.63, 3.8) is 0 Å². The number of carbonyl (C=O) groups excluding carboxylic acids is 1. The van der Waals surface area contributed by atoms with Gasteiger partial charge in [-0.25, -0.2) is 9.36 Å². The fourth-order valence-corrected chi connectivity index (χ4v) is 3.42. The maximum Gasteiger partial charge on any atom is 0.293 e. The lowest BCUT2D eigenvalue weighted by atomic mass is 10.1. The first-order valence-corrected chi connectivity index (χ1v) is 9.83. The summed E-state index contributed by atoms with van der Waals surface area (Å²) in [4.78, 5) is 27.7. The zero-order valence-electron chi connectivity index (χ0n) is 17.2. The van der Waals surface area contributed by atoms with Gasteiger partial charge in [0.05, 0.1) is 17.6 Å². The molecule has 4 aromatic rings. The summed E-state index contributed by atoms with van der Waals surface area (Å²) in [7, 11) is 1.69. The van der Waals surface area contributed by atoms with Gasteiger partial charge in [0, 0.05) is 18.1 Å². The fraction of sp³-hybridized carbons (Fsp3) is 0.217. The van der Waals surface area contributed by atoms with Crippen LogP contribution >= 0.6 is 0 Å². The third-order valence-corrected chi connectivity index (χ3v) is 5.06. The van der Waals surface area contributed by atoms with Gasteiger partial charge in [0.2, 0.25) is 5.91 Å². The average molecular weight is 401 g/mol. The molecule has 0 fully saturated rings. The second kappa shape index (κ2) is 7.94. The number of nitrogens with zero attached hydrogens (tertiary/aromatic N) is 5. The minimum Gasteiger partial charge on any atom is -0.314 e. The van der Waals surface area contributed by atoms with Crippen LogP contribution in [0.25, 0.3) is 16.6 Å². The van der Waals surface area contributed by atoms with E-state index in [-0.39, 0.29) is 23.9 Å². The van der Waals surface area contributed by atoms with E-state index in [9.17, 15) is 9.59 Å². The maximum atomic E-state index is 13.3. The lowest BCUT2D eigenvalue weighted by Crippen LogP contribution is -2.36. The summed E-state index contributed by atoms with van der Waals surface area (Å²) in [6.07, 6.45) is 1.67. The van der Waals surface area contributed by atoms with Crippen molar-refractivity contribution in [2.24, 2.45) is 0 Å². The number of aromatic nitrogens is 4. The Morgan fingerprint density at radius 2 is 1.67 bits per heavy atom. The number of anilines is 1. The van der Waals surface area contributed by atoms with Crippen molar-refractivity contribution in [2.75, 3.05) is 11.9 Å². The molecule has 0 saturated heterocycles. The minimum atomic E-state index is -0.342. The first kappa shape index (κ1) is 19.6. The van der Waals surface area contributed by atoms with E-state index in [0.717, 1.165) is 17.1 Å². The van der Waals surface area contributed by atoms with Gasteiger partial charge in [-0.1, -0.05) is 50.2 Å². The highest BCUT2D eigenvalue weighted by molar-refractivity contribution is 5.92. The van der Waals surface area contributed by atoms with E-state index >= 15 is 0 Å². The van der Waals surface area contributed by atoms with E-state index in [4.69, 9.17) is 0 Å². The Morgan fingerprint density at radius 3 is 2.30 bits per heavy atom. The van der Waals surface area contributed by atoms with Gasteiger partial charge in [-0.05, 0) is 30.2 Å². The van der Waals surface area contributed by atoms with Gasteiger partial charge in [-0.15, -0.1) is 0 Å². The van der Waals surface area contributed by atoms with Gasteiger partial charge in [0.1, 0.15) is 12.1 Å². The number of hydrogen-bond acceptors (Lipinski definition) is 4. The molecule has 0 aliphatic rings. The van der Waals surface area contributed by atoms with Gasteiger partial charge >= 0.3 is 0 Å². The van der Waals surface area contributed by atoms with Crippen LogP contribution in [0.15, 0.2) is 71.7 Å². The Labute approximate surface area is 174 Å². The molecule has 0 aliphatic heterocycles. The maximum absolute atomic E-state index is 13.3. The molecule has 0 unspecified atom stereocenters. The molecule has 0 atom stereocenters. The summed E-state index contributed by atoms with van der Waals surface area (Å²) >= 11 is 0. The Morgan fingerprint density at radius 1 is 1.03 bits per heavy atom. The van der Waals surface area contributed by atoms with E-state index in [1.165, 1.54) is 9.58 Å². The molecule has 0 saturated carbocycles. The molecule has 152 valence electrons. The lowest BCUT2D eigenvalue weighted by Gasteiger charge is -2.18. The summed E-state index contributed by atoms with van der Waals surface area (Å²) in [6.45, 7) is 3.86. The van der Waals surface area contributed by atoms with Crippen LogP contribution in [0.2, 0.25) is 0 Å².